The number of fused-ring (bicyclic) bond motifs is 5. The molecule has 0 N–H and O–H groups in total. The van der Waals surface area contributed by atoms with Gasteiger partial charge in [-0.2, -0.15) is 0 Å². The standard InChI is InChI=1S/C25H42O3Si/c1-23(2,3)29(6,7)28-27-18-12-14-24(4)17(16-18)8-9-19-20-10-11-22(26)25(20,5)15-13-21(19)24/h8,18-21H,9-16H2,1-7H3/t18-,19-,20-,21-,24-,25-/m0/s1. The van der Waals surface area contributed by atoms with Crippen LogP contribution in [0.4, 0.5) is 0 Å². The molecule has 0 unspecified atom stereocenters. The van der Waals surface area contributed by atoms with Crippen molar-refractivity contribution in [2.75, 3.05) is 0 Å². The fraction of sp³-hybridized carbons (Fsp3) is 0.880. The Hall–Kier alpha value is -0.453. The van der Waals surface area contributed by atoms with Gasteiger partial charge in [0.1, 0.15) is 5.78 Å². The summed E-state index contributed by atoms with van der Waals surface area (Å²) < 4.78 is 6.11. The van der Waals surface area contributed by atoms with Crippen LogP contribution in [0.3, 0.4) is 0 Å². The van der Waals surface area contributed by atoms with Crippen molar-refractivity contribution >= 4 is 14.1 Å². The van der Waals surface area contributed by atoms with E-state index in [-0.39, 0.29) is 16.6 Å². The molecule has 0 aromatic heterocycles. The maximum absolute atomic E-state index is 12.6. The van der Waals surface area contributed by atoms with Crippen molar-refractivity contribution in [2.45, 2.75) is 110 Å². The zero-order valence-corrected chi connectivity index (χ0v) is 20.8. The van der Waals surface area contributed by atoms with Gasteiger partial charge in [-0.1, -0.05) is 46.3 Å². The number of carbonyl (C=O) groups excluding carboxylic acids is 1. The van der Waals surface area contributed by atoms with Crippen LogP contribution in [0.15, 0.2) is 11.6 Å². The second-order valence-electron chi connectivity index (χ2n) is 12.5. The van der Waals surface area contributed by atoms with Crippen molar-refractivity contribution in [3.63, 3.8) is 0 Å². The van der Waals surface area contributed by atoms with Crippen molar-refractivity contribution in [1.29, 1.82) is 0 Å². The Labute approximate surface area is 179 Å². The van der Waals surface area contributed by atoms with Gasteiger partial charge in [0.15, 0.2) is 0 Å². The topological polar surface area (TPSA) is 35.5 Å². The lowest BCUT2D eigenvalue weighted by atomic mass is 9.48. The van der Waals surface area contributed by atoms with Crippen molar-refractivity contribution in [1.82, 2.24) is 0 Å². The molecule has 29 heavy (non-hydrogen) atoms. The van der Waals surface area contributed by atoms with Crippen molar-refractivity contribution in [3.8, 4) is 0 Å². The van der Waals surface area contributed by atoms with E-state index in [0.717, 1.165) is 38.0 Å². The molecule has 164 valence electrons. The largest absolute Gasteiger partial charge is 0.299 e. The molecule has 0 amide bonds. The molecule has 4 rings (SSSR count). The third kappa shape index (κ3) is 3.42. The first-order valence-corrected chi connectivity index (χ1v) is 14.9. The molecule has 0 bridgehead atoms. The van der Waals surface area contributed by atoms with E-state index in [1.807, 2.05) is 0 Å². The number of allylic oxidation sites excluding steroid dienone is 1. The number of hydrogen-bond acceptors (Lipinski definition) is 3. The summed E-state index contributed by atoms with van der Waals surface area (Å²) in [4.78, 5) is 18.7. The zero-order valence-electron chi connectivity index (χ0n) is 19.8. The Morgan fingerprint density at radius 3 is 2.38 bits per heavy atom. The summed E-state index contributed by atoms with van der Waals surface area (Å²) in [6.45, 7) is 16.1. The summed E-state index contributed by atoms with van der Waals surface area (Å²) in [5.74, 6) is 2.60. The van der Waals surface area contributed by atoms with Gasteiger partial charge in [-0.05, 0) is 86.2 Å². The van der Waals surface area contributed by atoms with E-state index in [9.17, 15) is 4.79 Å². The van der Waals surface area contributed by atoms with Crippen LogP contribution in [0.25, 0.3) is 0 Å². The smallest absolute Gasteiger partial charge is 0.238 e. The van der Waals surface area contributed by atoms with Gasteiger partial charge in [-0.25, -0.2) is 4.89 Å². The van der Waals surface area contributed by atoms with Crippen LogP contribution >= 0.6 is 0 Å². The molecule has 4 aliphatic carbocycles. The molecular weight excluding hydrogens is 376 g/mol. The third-order valence-electron chi connectivity index (χ3n) is 9.97. The molecule has 0 aromatic carbocycles. The predicted octanol–water partition coefficient (Wildman–Crippen LogP) is 6.84. The number of ketones is 1. The van der Waals surface area contributed by atoms with E-state index in [1.54, 1.807) is 5.57 Å². The Morgan fingerprint density at radius 1 is 1.03 bits per heavy atom. The summed E-state index contributed by atoms with van der Waals surface area (Å²) in [7, 11) is -1.88. The number of Topliss-reactive ketones (excluding diaryl/α,β-unsaturated/α-hetero) is 1. The van der Waals surface area contributed by atoms with Crippen LogP contribution in [0.1, 0.15) is 86.0 Å². The van der Waals surface area contributed by atoms with Gasteiger partial charge in [-0.15, -0.1) is 0 Å². The SMILES string of the molecule is CC(C)(C)[Si](C)(C)OO[C@H]1CC[C@@]2(C)C(=CC[C@@H]3[C@@H]2CC[C@]2(C)C(=O)CC[C@@H]32)C1. The summed E-state index contributed by atoms with van der Waals surface area (Å²) >= 11 is 0. The van der Waals surface area contributed by atoms with Gasteiger partial charge >= 0.3 is 0 Å². The monoisotopic (exact) mass is 418 g/mol. The molecule has 6 atom stereocenters. The Morgan fingerprint density at radius 2 is 1.69 bits per heavy atom. The van der Waals surface area contributed by atoms with Gasteiger partial charge in [0.25, 0.3) is 0 Å². The highest BCUT2D eigenvalue weighted by Gasteiger charge is 2.58. The van der Waals surface area contributed by atoms with E-state index in [1.165, 1.54) is 19.3 Å². The minimum absolute atomic E-state index is 0.0276. The molecular formula is C25H42O3Si. The Balaban J connectivity index is 1.47. The second-order valence-corrected chi connectivity index (χ2v) is 17.2. The fourth-order valence-electron chi connectivity index (χ4n) is 6.79. The lowest BCUT2D eigenvalue weighted by Crippen LogP contribution is -2.51. The summed E-state index contributed by atoms with van der Waals surface area (Å²) in [6.07, 6.45) is 11.5. The third-order valence-corrected chi connectivity index (χ3v) is 14.1. The molecule has 3 nitrogen and oxygen atoms in total. The van der Waals surface area contributed by atoms with E-state index in [4.69, 9.17) is 9.46 Å². The van der Waals surface area contributed by atoms with Crippen molar-refractivity contribution in [2.24, 2.45) is 28.6 Å². The first kappa shape index (κ1) is 21.8. The van der Waals surface area contributed by atoms with Gasteiger partial charge in [-0.3, -0.25) is 9.37 Å². The van der Waals surface area contributed by atoms with Crippen LogP contribution in [0.2, 0.25) is 18.1 Å². The summed E-state index contributed by atoms with van der Waals surface area (Å²) in [5.41, 5.74) is 1.88. The molecule has 0 radical (unpaired) electrons. The summed E-state index contributed by atoms with van der Waals surface area (Å²) in [6, 6.07) is 0. The molecule has 0 saturated heterocycles. The maximum Gasteiger partial charge on any atom is 0.238 e. The average molecular weight is 419 g/mol. The Bertz CT molecular complexity index is 705. The molecule has 0 spiro atoms. The van der Waals surface area contributed by atoms with E-state index < -0.39 is 8.32 Å². The molecule has 0 heterocycles. The zero-order chi connectivity index (χ0) is 21.2. The molecule has 3 saturated carbocycles. The predicted molar refractivity (Wildman–Crippen MR) is 120 cm³/mol. The van der Waals surface area contributed by atoms with Crippen LogP contribution in [0.5, 0.6) is 0 Å². The minimum atomic E-state index is -1.88. The quantitative estimate of drug-likeness (QED) is 0.218. The highest BCUT2D eigenvalue weighted by molar-refractivity contribution is 6.73. The van der Waals surface area contributed by atoms with E-state index in [2.05, 4.69) is 53.8 Å². The average Bonchev–Trinajstić information content (AvgIpc) is 2.94. The molecule has 4 heteroatoms. The van der Waals surface area contributed by atoms with Gasteiger partial charge in [0, 0.05) is 11.8 Å². The highest BCUT2D eigenvalue weighted by atomic mass is 28.4. The molecule has 4 aliphatic rings. The minimum Gasteiger partial charge on any atom is -0.299 e. The van der Waals surface area contributed by atoms with E-state index >= 15 is 0 Å². The van der Waals surface area contributed by atoms with Crippen LogP contribution in [-0.4, -0.2) is 20.2 Å². The first-order chi connectivity index (χ1) is 13.4. The summed E-state index contributed by atoms with van der Waals surface area (Å²) in [5, 5.41) is 0.168. The number of rotatable bonds is 3. The van der Waals surface area contributed by atoms with Crippen LogP contribution in [-0.2, 0) is 14.3 Å². The fourth-order valence-corrected chi connectivity index (χ4v) is 7.42. The van der Waals surface area contributed by atoms with Crippen LogP contribution < -0.4 is 0 Å². The normalized spacial score (nSPS) is 42.7. The molecule has 0 aliphatic heterocycles. The van der Waals surface area contributed by atoms with E-state index in [0.29, 0.717) is 23.0 Å². The molecule has 3 fully saturated rings. The van der Waals surface area contributed by atoms with Crippen molar-refractivity contribution in [3.05, 3.63) is 11.6 Å². The molecule has 0 aromatic rings. The van der Waals surface area contributed by atoms with Gasteiger partial charge in [0.05, 0.1) is 6.10 Å². The van der Waals surface area contributed by atoms with Gasteiger partial charge in [0.2, 0.25) is 8.32 Å². The van der Waals surface area contributed by atoms with Gasteiger partial charge < -0.3 is 0 Å². The number of carbonyl (C=O) groups is 1. The highest BCUT2D eigenvalue weighted by Crippen LogP contribution is 2.64. The van der Waals surface area contributed by atoms with Crippen LogP contribution in [0, 0.1) is 28.6 Å². The maximum atomic E-state index is 12.6. The lowest BCUT2D eigenvalue weighted by Gasteiger charge is -2.57. The second kappa shape index (κ2) is 7.03. The van der Waals surface area contributed by atoms with Crippen molar-refractivity contribution < 1.29 is 14.3 Å². The number of hydrogen-bond donors (Lipinski definition) is 0. The first-order valence-electron chi connectivity index (χ1n) is 12.0. The lowest BCUT2D eigenvalue weighted by molar-refractivity contribution is -0.264. The Kier molecular flexibility index (Phi) is 5.28.